The van der Waals surface area contributed by atoms with Crippen LogP contribution in [0.25, 0.3) is 0 Å². The van der Waals surface area contributed by atoms with E-state index in [9.17, 15) is 8.42 Å². The largest absolute Gasteiger partial charge is 0.313 e. The summed E-state index contributed by atoms with van der Waals surface area (Å²) in [4.78, 5) is 0. The van der Waals surface area contributed by atoms with E-state index in [1.165, 1.54) is 31.9 Å². The van der Waals surface area contributed by atoms with Crippen LogP contribution < -0.4 is 5.32 Å². The molecule has 2 aliphatic rings. The van der Waals surface area contributed by atoms with Crippen molar-refractivity contribution in [2.45, 2.75) is 38.1 Å². The van der Waals surface area contributed by atoms with Crippen LogP contribution >= 0.6 is 0 Å². The highest BCUT2D eigenvalue weighted by molar-refractivity contribution is 7.90. The minimum Gasteiger partial charge on any atom is -0.313 e. The van der Waals surface area contributed by atoms with Gasteiger partial charge in [0.05, 0.1) is 5.75 Å². The Hall–Kier alpha value is -0.0900. The second-order valence-electron chi connectivity index (χ2n) is 5.14. The molecule has 15 heavy (non-hydrogen) atoms. The summed E-state index contributed by atoms with van der Waals surface area (Å²) in [5, 5.41) is 3.55. The van der Waals surface area contributed by atoms with Gasteiger partial charge in [0.15, 0.2) is 0 Å². The molecule has 0 heterocycles. The minimum absolute atomic E-state index is 0.321. The van der Waals surface area contributed by atoms with Crippen molar-refractivity contribution < 1.29 is 8.42 Å². The van der Waals surface area contributed by atoms with Crippen molar-refractivity contribution in [2.75, 3.05) is 18.6 Å². The number of sulfone groups is 1. The Morgan fingerprint density at radius 2 is 1.73 bits per heavy atom. The van der Waals surface area contributed by atoms with Gasteiger partial charge in [-0.2, -0.15) is 0 Å². The van der Waals surface area contributed by atoms with Crippen LogP contribution in [0.4, 0.5) is 0 Å². The van der Waals surface area contributed by atoms with Gasteiger partial charge in [-0.15, -0.1) is 0 Å². The number of hydrogen-bond acceptors (Lipinski definition) is 3. The molecule has 2 fully saturated rings. The fourth-order valence-corrected chi connectivity index (χ4v) is 2.90. The molecule has 4 heteroatoms. The predicted molar refractivity (Wildman–Crippen MR) is 61.6 cm³/mol. The highest BCUT2D eigenvalue weighted by atomic mass is 32.2. The van der Waals surface area contributed by atoms with Crippen LogP contribution in [0.2, 0.25) is 0 Å². The van der Waals surface area contributed by atoms with Gasteiger partial charge in [-0.25, -0.2) is 8.42 Å². The maximum atomic E-state index is 10.9. The molecule has 2 saturated carbocycles. The van der Waals surface area contributed by atoms with E-state index in [4.69, 9.17) is 0 Å². The molecule has 1 N–H and O–H groups in total. The first kappa shape index (κ1) is 11.4. The molecule has 0 aromatic carbocycles. The van der Waals surface area contributed by atoms with E-state index >= 15 is 0 Å². The SMILES string of the molecule is CS(=O)(=O)CCCNC(C1CC1)C1CC1. The molecule has 0 spiro atoms. The molecule has 2 aliphatic carbocycles. The predicted octanol–water partition coefficient (Wildman–Crippen LogP) is 1.20. The van der Waals surface area contributed by atoms with Crippen LogP contribution in [0.3, 0.4) is 0 Å². The normalized spacial score (nSPS) is 22.3. The highest BCUT2D eigenvalue weighted by Crippen LogP contribution is 2.44. The van der Waals surface area contributed by atoms with Gasteiger partial charge < -0.3 is 5.32 Å². The Labute approximate surface area is 92.6 Å². The molecule has 0 aromatic rings. The summed E-state index contributed by atoms with van der Waals surface area (Å²) in [6.07, 6.45) is 7.57. The lowest BCUT2D eigenvalue weighted by Gasteiger charge is -2.17. The van der Waals surface area contributed by atoms with E-state index in [-0.39, 0.29) is 0 Å². The van der Waals surface area contributed by atoms with E-state index in [1.807, 2.05) is 0 Å². The van der Waals surface area contributed by atoms with Crippen molar-refractivity contribution >= 4 is 9.84 Å². The summed E-state index contributed by atoms with van der Waals surface area (Å²) >= 11 is 0. The maximum absolute atomic E-state index is 10.9. The smallest absolute Gasteiger partial charge is 0.147 e. The third-order valence-corrected chi connectivity index (χ3v) is 4.36. The third kappa shape index (κ3) is 4.11. The second-order valence-corrected chi connectivity index (χ2v) is 7.40. The Kier molecular flexibility index (Phi) is 3.36. The lowest BCUT2D eigenvalue weighted by Crippen LogP contribution is -2.34. The topological polar surface area (TPSA) is 46.2 Å². The van der Waals surface area contributed by atoms with Crippen LogP contribution in [0.15, 0.2) is 0 Å². The van der Waals surface area contributed by atoms with Gasteiger partial charge in [0.25, 0.3) is 0 Å². The average molecular weight is 231 g/mol. The first-order valence-corrected chi connectivity index (χ1v) is 8.03. The molecule has 0 aliphatic heterocycles. The summed E-state index contributed by atoms with van der Waals surface area (Å²) in [5.41, 5.74) is 0. The second kappa shape index (κ2) is 4.42. The first-order chi connectivity index (χ1) is 7.06. The summed E-state index contributed by atoms with van der Waals surface area (Å²) < 4.78 is 21.9. The van der Waals surface area contributed by atoms with E-state index in [0.717, 1.165) is 24.8 Å². The average Bonchev–Trinajstić information content (AvgIpc) is 2.98. The number of rotatable bonds is 7. The molecule has 3 nitrogen and oxygen atoms in total. The van der Waals surface area contributed by atoms with Gasteiger partial charge in [-0.05, 0) is 50.5 Å². The standard InChI is InChI=1S/C11H21NO2S/c1-15(13,14)8-2-7-12-11(9-3-4-9)10-5-6-10/h9-12H,2-8H2,1H3. The van der Waals surface area contributed by atoms with Gasteiger partial charge in [-0.1, -0.05) is 0 Å². The van der Waals surface area contributed by atoms with Crippen LogP contribution in [0.5, 0.6) is 0 Å². The molecule has 0 saturated heterocycles. The molecule has 0 atom stereocenters. The van der Waals surface area contributed by atoms with Crippen molar-refractivity contribution in [2.24, 2.45) is 11.8 Å². The zero-order chi connectivity index (χ0) is 10.9. The lowest BCUT2D eigenvalue weighted by atomic mass is 10.1. The minimum atomic E-state index is -2.77. The number of hydrogen-bond donors (Lipinski definition) is 1. The highest BCUT2D eigenvalue weighted by Gasteiger charge is 2.40. The van der Waals surface area contributed by atoms with Gasteiger partial charge in [0.1, 0.15) is 9.84 Å². The van der Waals surface area contributed by atoms with Crippen LogP contribution in [0, 0.1) is 11.8 Å². The quantitative estimate of drug-likeness (QED) is 0.670. The van der Waals surface area contributed by atoms with E-state index < -0.39 is 9.84 Å². The zero-order valence-electron chi connectivity index (χ0n) is 9.41. The Bertz CT molecular complexity index is 293. The Morgan fingerprint density at radius 1 is 1.20 bits per heavy atom. The van der Waals surface area contributed by atoms with Gasteiger partial charge in [0, 0.05) is 12.3 Å². The van der Waals surface area contributed by atoms with E-state index in [0.29, 0.717) is 11.8 Å². The maximum Gasteiger partial charge on any atom is 0.147 e. The first-order valence-electron chi connectivity index (χ1n) is 5.97. The van der Waals surface area contributed by atoms with Crippen LogP contribution in [0.1, 0.15) is 32.1 Å². The molecular weight excluding hydrogens is 210 g/mol. The van der Waals surface area contributed by atoms with Gasteiger partial charge >= 0.3 is 0 Å². The summed E-state index contributed by atoms with van der Waals surface area (Å²) in [6.45, 7) is 0.866. The molecular formula is C11H21NO2S. The molecule has 0 bridgehead atoms. The number of nitrogens with one attached hydrogen (secondary N) is 1. The molecule has 0 aromatic heterocycles. The Balaban J connectivity index is 1.63. The van der Waals surface area contributed by atoms with Crippen molar-refractivity contribution in [1.29, 1.82) is 0 Å². The fourth-order valence-electron chi connectivity index (χ4n) is 2.23. The molecule has 0 unspecified atom stereocenters. The van der Waals surface area contributed by atoms with Crippen molar-refractivity contribution in [3.63, 3.8) is 0 Å². The molecule has 88 valence electrons. The summed E-state index contributed by atoms with van der Waals surface area (Å²) in [5.74, 6) is 2.12. The van der Waals surface area contributed by atoms with Crippen molar-refractivity contribution in [3.05, 3.63) is 0 Å². The lowest BCUT2D eigenvalue weighted by molar-refractivity contribution is 0.418. The molecule has 0 amide bonds. The molecule has 2 rings (SSSR count). The monoisotopic (exact) mass is 231 g/mol. The Morgan fingerprint density at radius 3 is 2.13 bits per heavy atom. The van der Waals surface area contributed by atoms with Gasteiger partial charge in [0.2, 0.25) is 0 Å². The van der Waals surface area contributed by atoms with E-state index in [2.05, 4.69) is 5.32 Å². The third-order valence-electron chi connectivity index (χ3n) is 3.33. The van der Waals surface area contributed by atoms with Crippen molar-refractivity contribution in [1.82, 2.24) is 5.32 Å². The van der Waals surface area contributed by atoms with Crippen molar-refractivity contribution in [3.8, 4) is 0 Å². The molecule has 0 radical (unpaired) electrons. The zero-order valence-corrected chi connectivity index (χ0v) is 10.2. The summed E-state index contributed by atoms with van der Waals surface area (Å²) in [7, 11) is -2.77. The van der Waals surface area contributed by atoms with Gasteiger partial charge in [-0.3, -0.25) is 0 Å². The fraction of sp³-hybridized carbons (Fsp3) is 1.00. The summed E-state index contributed by atoms with van der Waals surface area (Å²) in [6, 6.07) is 0.699. The van der Waals surface area contributed by atoms with Crippen LogP contribution in [-0.2, 0) is 9.84 Å². The van der Waals surface area contributed by atoms with Crippen LogP contribution in [-0.4, -0.2) is 33.0 Å². The van der Waals surface area contributed by atoms with E-state index in [1.54, 1.807) is 0 Å².